The molecule has 0 fully saturated rings. The minimum atomic E-state index is -0.309. The molecule has 132 valence electrons. The van der Waals surface area contributed by atoms with E-state index in [2.05, 4.69) is 10.3 Å². The molecule has 0 unspecified atom stereocenters. The number of ether oxygens (including phenoxy) is 3. The molecule has 4 rings (SSSR count). The zero-order chi connectivity index (χ0) is 17.9. The quantitative estimate of drug-likeness (QED) is 0.709. The van der Waals surface area contributed by atoms with Gasteiger partial charge in [-0.15, -0.1) is 11.3 Å². The molecular formula is C18H13ClN2O4S. The fraction of sp³-hybridized carbons (Fsp3) is 0.111. The number of benzene rings is 2. The SMILES string of the molecule is O=C(COc1ccccc1Cl)Nc1nc(-c2ccc3c(c2)OCO3)cs1. The zero-order valence-electron chi connectivity index (χ0n) is 13.4. The number of carbonyl (C=O) groups is 1. The molecule has 1 N–H and O–H groups in total. The summed E-state index contributed by atoms with van der Waals surface area (Å²) in [4.78, 5) is 16.5. The predicted octanol–water partition coefficient (Wildman–Crippen LogP) is 4.21. The second-order valence-corrected chi connectivity index (χ2v) is 6.64. The highest BCUT2D eigenvalue weighted by Crippen LogP contribution is 2.36. The lowest BCUT2D eigenvalue weighted by Crippen LogP contribution is -2.20. The van der Waals surface area contributed by atoms with E-state index in [-0.39, 0.29) is 19.3 Å². The van der Waals surface area contributed by atoms with Gasteiger partial charge in [0.2, 0.25) is 6.79 Å². The molecule has 1 aliphatic heterocycles. The average molecular weight is 389 g/mol. The van der Waals surface area contributed by atoms with Gasteiger partial charge in [0.1, 0.15) is 5.75 Å². The topological polar surface area (TPSA) is 69.7 Å². The minimum absolute atomic E-state index is 0.150. The van der Waals surface area contributed by atoms with Gasteiger partial charge in [0.15, 0.2) is 23.2 Å². The highest BCUT2D eigenvalue weighted by molar-refractivity contribution is 7.14. The Kier molecular flexibility index (Phi) is 4.64. The molecule has 2 heterocycles. The molecule has 0 aliphatic carbocycles. The second kappa shape index (κ2) is 7.23. The van der Waals surface area contributed by atoms with Crippen molar-refractivity contribution in [3.05, 3.63) is 52.9 Å². The van der Waals surface area contributed by atoms with Gasteiger partial charge in [-0.25, -0.2) is 4.98 Å². The van der Waals surface area contributed by atoms with Crippen molar-refractivity contribution in [1.29, 1.82) is 0 Å². The van der Waals surface area contributed by atoms with Gasteiger partial charge in [0, 0.05) is 10.9 Å². The van der Waals surface area contributed by atoms with Crippen LogP contribution in [-0.2, 0) is 4.79 Å². The Morgan fingerprint density at radius 3 is 2.96 bits per heavy atom. The van der Waals surface area contributed by atoms with Gasteiger partial charge in [0.25, 0.3) is 5.91 Å². The number of amides is 1. The largest absolute Gasteiger partial charge is 0.482 e. The standard InChI is InChI=1S/C18H13ClN2O4S/c19-12-3-1-2-4-14(12)23-8-17(22)21-18-20-13(9-26-18)11-5-6-15-16(7-11)25-10-24-15/h1-7,9H,8,10H2,(H,20,21,22). The molecule has 0 spiro atoms. The average Bonchev–Trinajstić information content (AvgIpc) is 3.29. The third kappa shape index (κ3) is 3.58. The van der Waals surface area contributed by atoms with Crippen LogP contribution in [0, 0.1) is 0 Å². The molecule has 2 aromatic carbocycles. The first-order valence-electron chi connectivity index (χ1n) is 7.72. The number of para-hydroxylation sites is 1. The van der Waals surface area contributed by atoms with Gasteiger partial charge in [-0.2, -0.15) is 0 Å². The Morgan fingerprint density at radius 1 is 1.23 bits per heavy atom. The summed E-state index contributed by atoms with van der Waals surface area (Å²) in [7, 11) is 0. The Balaban J connectivity index is 1.39. The van der Waals surface area contributed by atoms with Crippen molar-refractivity contribution < 1.29 is 19.0 Å². The molecular weight excluding hydrogens is 376 g/mol. The molecule has 0 bridgehead atoms. The van der Waals surface area contributed by atoms with Crippen LogP contribution in [0.25, 0.3) is 11.3 Å². The van der Waals surface area contributed by atoms with Crippen molar-refractivity contribution in [2.75, 3.05) is 18.7 Å². The van der Waals surface area contributed by atoms with Crippen LogP contribution in [0.2, 0.25) is 5.02 Å². The van der Waals surface area contributed by atoms with Gasteiger partial charge in [-0.3, -0.25) is 10.1 Å². The molecule has 1 aliphatic rings. The normalized spacial score (nSPS) is 12.0. The van der Waals surface area contributed by atoms with E-state index in [9.17, 15) is 4.79 Å². The number of hydrogen-bond acceptors (Lipinski definition) is 6. The van der Waals surface area contributed by atoms with E-state index in [1.807, 2.05) is 23.6 Å². The van der Waals surface area contributed by atoms with Crippen LogP contribution in [0.1, 0.15) is 0 Å². The van der Waals surface area contributed by atoms with E-state index in [0.29, 0.717) is 27.4 Å². The Hall–Kier alpha value is -2.77. The van der Waals surface area contributed by atoms with Gasteiger partial charge < -0.3 is 14.2 Å². The maximum atomic E-state index is 12.0. The van der Waals surface area contributed by atoms with E-state index in [4.69, 9.17) is 25.8 Å². The maximum Gasteiger partial charge on any atom is 0.264 e. The van der Waals surface area contributed by atoms with E-state index < -0.39 is 0 Å². The molecule has 26 heavy (non-hydrogen) atoms. The molecule has 0 radical (unpaired) electrons. The fourth-order valence-corrected chi connectivity index (χ4v) is 3.31. The summed E-state index contributed by atoms with van der Waals surface area (Å²) >= 11 is 7.33. The zero-order valence-corrected chi connectivity index (χ0v) is 15.0. The number of thiazole rings is 1. The van der Waals surface area contributed by atoms with Crippen molar-refractivity contribution in [3.8, 4) is 28.5 Å². The van der Waals surface area contributed by atoms with Crippen molar-refractivity contribution in [1.82, 2.24) is 4.98 Å². The number of nitrogens with one attached hydrogen (secondary N) is 1. The molecule has 1 amide bonds. The summed E-state index contributed by atoms with van der Waals surface area (Å²) < 4.78 is 16.1. The summed E-state index contributed by atoms with van der Waals surface area (Å²) in [5.41, 5.74) is 1.63. The van der Waals surface area contributed by atoms with Crippen LogP contribution in [0.4, 0.5) is 5.13 Å². The lowest BCUT2D eigenvalue weighted by Gasteiger charge is -2.07. The van der Waals surface area contributed by atoms with E-state index in [1.54, 1.807) is 24.3 Å². The number of halogens is 1. The Bertz CT molecular complexity index is 960. The Morgan fingerprint density at radius 2 is 2.08 bits per heavy atom. The van der Waals surface area contributed by atoms with Crippen LogP contribution in [0.5, 0.6) is 17.2 Å². The van der Waals surface area contributed by atoms with Crippen LogP contribution >= 0.6 is 22.9 Å². The van der Waals surface area contributed by atoms with E-state index >= 15 is 0 Å². The summed E-state index contributed by atoms with van der Waals surface area (Å²) in [6.07, 6.45) is 0. The predicted molar refractivity (Wildman–Crippen MR) is 99.2 cm³/mol. The number of carbonyl (C=O) groups excluding carboxylic acids is 1. The number of fused-ring (bicyclic) bond motifs is 1. The monoisotopic (exact) mass is 388 g/mol. The third-order valence-electron chi connectivity index (χ3n) is 3.61. The Labute approximate surface area is 158 Å². The molecule has 1 aromatic heterocycles. The summed E-state index contributed by atoms with van der Waals surface area (Å²) in [5, 5.41) is 5.53. The molecule has 6 nitrogen and oxygen atoms in total. The van der Waals surface area contributed by atoms with Crippen molar-refractivity contribution in [2.45, 2.75) is 0 Å². The number of aromatic nitrogens is 1. The third-order valence-corrected chi connectivity index (χ3v) is 4.68. The summed E-state index contributed by atoms with van der Waals surface area (Å²) in [6, 6.07) is 12.6. The maximum absolute atomic E-state index is 12.0. The lowest BCUT2D eigenvalue weighted by molar-refractivity contribution is -0.118. The first kappa shape index (κ1) is 16.7. The van der Waals surface area contributed by atoms with Crippen LogP contribution in [0.15, 0.2) is 47.8 Å². The highest BCUT2D eigenvalue weighted by atomic mass is 35.5. The molecule has 0 atom stereocenters. The van der Waals surface area contributed by atoms with Gasteiger partial charge in [0.05, 0.1) is 10.7 Å². The highest BCUT2D eigenvalue weighted by Gasteiger charge is 2.15. The smallest absolute Gasteiger partial charge is 0.264 e. The lowest BCUT2D eigenvalue weighted by atomic mass is 10.1. The van der Waals surface area contributed by atoms with Crippen molar-refractivity contribution >= 4 is 34.0 Å². The first-order chi connectivity index (χ1) is 12.7. The summed E-state index contributed by atoms with van der Waals surface area (Å²) in [5.74, 6) is 1.56. The van der Waals surface area contributed by atoms with E-state index in [1.165, 1.54) is 11.3 Å². The number of anilines is 1. The molecule has 0 saturated carbocycles. The molecule has 3 aromatic rings. The van der Waals surface area contributed by atoms with Crippen LogP contribution in [0.3, 0.4) is 0 Å². The minimum Gasteiger partial charge on any atom is -0.482 e. The number of hydrogen-bond donors (Lipinski definition) is 1. The van der Waals surface area contributed by atoms with Crippen LogP contribution in [-0.4, -0.2) is 24.3 Å². The number of rotatable bonds is 5. The number of nitrogens with zero attached hydrogens (tertiary/aromatic N) is 1. The molecule has 0 saturated heterocycles. The second-order valence-electron chi connectivity index (χ2n) is 5.37. The summed E-state index contributed by atoms with van der Waals surface area (Å²) in [6.45, 7) is 0.0747. The van der Waals surface area contributed by atoms with Crippen molar-refractivity contribution in [3.63, 3.8) is 0 Å². The van der Waals surface area contributed by atoms with Crippen molar-refractivity contribution in [2.24, 2.45) is 0 Å². The van der Waals surface area contributed by atoms with Crippen LogP contribution < -0.4 is 19.5 Å². The van der Waals surface area contributed by atoms with Gasteiger partial charge in [-0.05, 0) is 30.3 Å². The molecule has 8 heteroatoms. The van der Waals surface area contributed by atoms with E-state index in [0.717, 1.165) is 11.3 Å². The fourth-order valence-electron chi connectivity index (χ4n) is 2.38. The van der Waals surface area contributed by atoms with Gasteiger partial charge in [-0.1, -0.05) is 23.7 Å². The van der Waals surface area contributed by atoms with Gasteiger partial charge >= 0.3 is 0 Å². The first-order valence-corrected chi connectivity index (χ1v) is 8.97.